The van der Waals surface area contributed by atoms with E-state index in [9.17, 15) is 0 Å². The van der Waals surface area contributed by atoms with E-state index < -0.39 is 18.6 Å². The second kappa shape index (κ2) is 6.20. The maximum Gasteiger partial charge on any atom is 0.241 e. The third-order valence-corrected chi connectivity index (χ3v) is 33.5. The van der Waals surface area contributed by atoms with Gasteiger partial charge in [-0.25, -0.2) is 0 Å². The molecule has 0 saturated carbocycles. The van der Waals surface area contributed by atoms with Crippen LogP contribution in [0.2, 0.25) is 6.55 Å². The summed E-state index contributed by atoms with van der Waals surface area (Å²) in [5, 5.41) is 0. The topological polar surface area (TPSA) is 40.3 Å². The molecule has 0 bridgehead atoms. The lowest BCUT2D eigenvalue weighted by atomic mass is 11.6. The van der Waals surface area contributed by atoms with E-state index in [1.165, 1.54) is 10.4 Å². The monoisotopic (exact) mass is 398 g/mol. The molecule has 103 valence electrons. The van der Waals surface area contributed by atoms with E-state index in [-0.39, 0.29) is 49.1 Å². The summed E-state index contributed by atoms with van der Waals surface area (Å²) in [6.45, 7) is 2.47. The highest BCUT2D eigenvalue weighted by atomic mass is 28.5. The minimum atomic E-state index is -0.822. The average molecular weight is 399 g/mol. The van der Waals surface area contributed by atoms with Crippen LogP contribution < -0.4 is 9.30 Å². The summed E-state index contributed by atoms with van der Waals surface area (Å²) in [6, 6.07) is 0. The molecule has 3 aliphatic rings. The largest absolute Gasteiger partial charge is 0.360 e. The van der Waals surface area contributed by atoms with Crippen molar-refractivity contribution in [3.8, 4) is 0 Å². The first-order chi connectivity index (χ1) is 8.70. The van der Waals surface area contributed by atoms with Gasteiger partial charge in [0.05, 0.1) is 20.1 Å². The zero-order valence-electron chi connectivity index (χ0n) is 11.5. The van der Waals surface area contributed by atoms with Gasteiger partial charge in [-0.3, -0.25) is 0 Å². The second-order valence-electron chi connectivity index (χ2n) is 5.35. The Bertz CT molecular complexity index is 305. The molecule has 3 heterocycles. The molecular formula is C2H24N7Si9. The first-order valence-electron chi connectivity index (χ1n) is 6.66. The van der Waals surface area contributed by atoms with Gasteiger partial charge >= 0.3 is 0 Å². The highest BCUT2D eigenvalue weighted by Crippen LogP contribution is 2.18. The Morgan fingerprint density at radius 1 is 1.33 bits per heavy atom. The summed E-state index contributed by atoms with van der Waals surface area (Å²) in [5.74, 6) is 0. The van der Waals surface area contributed by atoms with Gasteiger partial charge in [0.25, 0.3) is 0 Å². The number of hydrogen-bond donors (Lipinski definition) is 2. The first-order valence-corrected chi connectivity index (χ1v) is 19.1. The fourth-order valence-corrected chi connectivity index (χ4v) is 54.8. The van der Waals surface area contributed by atoms with Crippen molar-refractivity contribution in [1.29, 1.82) is 0 Å². The van der Waals surface area contributed by atoms with Crippen LogP contribution in [-0.4, -0.2) is 115 Å². The summed E-state index contributed by atoms with van der Waals surface area (Å²) in [5.41, 5.74) is 0. The van der Waals surface area contributed by atoms with Crippen molar-refractivity contribution in [3.63, 3.8) is 0 Å². The fraction of sp³-hybridized carbons (Fsp3) is 1.00. The Morgan fingerprint density at radius 3 is 2.89 bits per heavy atom. The SMILES string of the molecule is C[SiH2]N1[SiH2]N[SiH2]N2[SiH2]N(C)[SiH]3N([SiH3])[SiH]N3[SiH]2N[SiH2]1. The first kappa shape index (κ1) is 14.6. The zero-order valence-corrected chi connectivity index (χ0v) is 24.0. The Morgan fingerprint density at radius 2 is 2.17 bits per heavy atom. The predicted molar refractivity (Wildman–Crippen MR) is 101 cm³/mol. The van der Waals surface area contributed by atoms with Gasteiger partial charge in [-0.15, -0.1) is 0 Å². The molecule has 1 radical (unpaired) electrons. The Hall–Kier alpha value is 1.67. The van der Waals surface area contributed by atoms with Crippen molar-refractivity contribution in [2.75, 3.05) is 7.05 Å². The number of fused-ring (bicyclic) bond motifs is 3. The quantitative estimate of drug-likeness (QED) is 0.425. The maximum atomic E-state index is 4.17. The lowest BCUT2D eigenvalue weighted by molar-refractivity contribution is 0.554. The molecule has 0 aromatic rings. The van der Waals surface area contributed by atoms with Crippen LogP contribution in [0.4, 0.5) is 0 Å². The molecule has 3 aliphatic heterocycles. The van der Waals surface area contributed by atoms with Crippen LogP contribution >= 0.6 is 0 Å². The van der Waals surface area contributed by atoms with Crippen molar-refractivity contribution in [3.05, 3.63) is 0 Å². The standard InChI is InChI=1S/C2H24N7Si9/c1-5-15-8-13-3-12-7(11-2)14-4-17(8)9-16-6(10)18(5)9/h3-4,16-18H,11-15H2,1-2,10H3. The number of hydrogen-bond acceptors (Lipinski definition) is 7. The summed E-state index contributed by atoms with van der Waals surface area (Å²) in [4.78, 5) is 0. The van der Waals surface area contributed by atoms with E-state index in [2.05, 4.69) is 42.7 Å². The summed E-state index contributed by atoms with van der Waals surface area (Å²) in [7, 11) is 2.60. The summed E-state index contributed by atoms with van der Waals surface area (Å²) < 4.78 is 22.8. The highest BCUT2D eigenvalue weighted by molar-refractivity contribution is 7.00. The minimum absolute atomic E-state index is 0.0348. The Balaban J connectivity index is 1.69. The molecule has 0 aliphatic carbocycles. The van der Waals surface area contributed by atoms with E-state index >= 15 is 0 Å². The highest BCUT2D eigenvalue weighted by Gasteiger charge is 2.50. The van der Waals surface area contributed by atoms with Crippen LogP contribution in [0.15, 0.2) is 0 Å². The molecular weight excluding hydrogens is 375 g/mol. The molecule has 7 nitrogen and oxygen atoms in total. The second-order valence-corrected chi connectivity index (χ2v) is 34.1. The number of nitrogens with zero attached hydrogens (tertiary/aromatic N) is 5. The van der Waals surface area contributed by atoms with Crippen LogP contribution in [0.25, 0.3) is 0 Å². The lowest BCUT2D eigenvalue weighted by Crippen LogP contribution is -2.90. The molecule has 0 aromatic heterocycles. The van der Waals surface area contributed by atoms with Crippen molar-refractivity contribution in [1.82, 2.24) is 29.1 Å². The van der Waals surface area contributed by atoms with Gasteiger partial charge in [-0.1, -0.05) is 6.55 Å². The molecule has 2 unspecified atom stereocenters. The predicted octanol–water partition coefficient (Wildman–Crippen LogP) is -9.55. The molecule has 0 aromatic carbocycles. The van der Waals surface area contributed by atoms with Gasteiger partial charge in [0, 0.05) is 0 Å². The molecule has 0 spiro atoms. The molecule has 2 N–H and O–H groups in total. The van der Waals surface area contributed by atoms with Crippen LogP contribution in [0.3, 0.4) is 0 Å². The molecule has 0 amide bonds. The molecule has 3 rings (SSSR count). The van der Waals surface area contributed by atoms with Crippen molar-refractivity contribution in [2.45, 2.75) is 6.55 Å². The van der Waals surface area contributed by atoms with Crippen LogP contribution in [0, 0.1) is 0 Å². The summed E-state index contributed by atoms with van der Waals surface area (Å²) >= 11 is 0. The Kier molecular flexibility index (Phi) is 5.03. The normalized spacial score (nSPS) is 43.7. The smallest absolute Gasteiger partial charge is 0.241 e. The third-order valence-electron chi connectivity index (χ3n) is 3.97. The lowest BCUT2D eigenvalue weighted by Gasteiger charge is -2.61. The third kappa shape index (κ3) is 2.70. The molecule has 2 atom stereocenters. The number of nitrogens with one attached hydrogen (secondary N) is 2. The Labute approximate surface area is 130 Å². The molecule has 18 heavy (non-hydrogen) atoms. The van der Waals surface area contributed by atoms with Gasteiger partial charge in [0.15, 0.2) is 49.2 Å². The molecule has 3 saturated heterocycles. The number of rotatable bonds is 1. The van der Waals surface area contributed by atoms with Crippen molar-refractivity contribution < 1.29 is 0 Å². The van der Waals surface area contributed by atoms with Gasteiger partial charge < -0.3 is 29.1 Å². The molecule has 16 heteroatoms. The van der Waals surface area contributed by atoms with E-state index in [4.69, 9.17) is 0 Å². The van der Waals surface area contributed by atoms with Gasteiger partial charge in [0.1, 0.15) is 0 Å². The zero-order chi connectivity index (χ0) is 12.7. The van der Waals surface area contributed by atoms with Crippen LogP contribution in [0.1, 0.15) is 0 Å². The summed E-state index contributed by atoms with van der Waals surface area (Å²) in [6.07, 6.45) is 0. The van der Waals surface area contributed by atoms with E-state index in [1.54, 1.807) is 0 Å². The van der Waals surface area contributed by atoms with Crippen molar-refractivity contribution >= 4 is 87.9 Å². The maximum absolute atomic E-state index is 4.17. The average Bonchev–Trinajstić information content (AvgIpc) is 2.30. The fourth-order valence-electron chi connectivity index (χ4n) is 3.04. The molecule has 3 fully saturated rings. The van der Waals surface area contributed by atoms with Crippen molar-refractivity contribution in [2.24, 2.45) is 0 Å². The van der Waals surface area contributed by atoms with Gasteiger partial charge in [-0.2, -0.15) is 0 Å². The minimum Gasteiger partial charge on any atom is -0.360 e. The van der Waals surface area contributed by atoms with E-state index in [0.29, 0.717) is 9.84 Å². The van der Waals surface area contributed by atoms with Gasteiger partial charge in [0.2, 0.25) is 18.6 Å². The van der Waals surface area contributed by atoms with E-state index in [0.717, 1.165) is 0 Å². The van der Waals surface area contributed by atoms with Gasteiger partial charge in [-0.05, 0) is 7.05 Å². The van der Waals surface area contributed by atoms with Crippen LogP contribution in [0.5, 0.6) is 0 Å². The van der Waals surface area contributed by atoms with Crippen LogP contribution in [-0.2, 0) is 0 Å². The van der Waals surface area contributed by atoms with E-state index in [1.807, 2.05) is 0 Å².